The van der Waals surface area contributed by atoms with Crippen LogP contribution in [0.1, 0.15) is 150 Å². The van der Waals surface area contributed by atoms with Crippen molar-refractivity contribution in [3.63, 3.8) is 0 Å². The van der Waals surface area contributed by atoms with E-state index in [-0.39, 0.29) is 22.2 Å². The molecule has 8 rings (SSSR count). The van der Waals surface area contributed by atoms with Gasteiger partial charge in [-0.15, -0.1) is 0 Å². The van der Waals surface area contributed by atoms with Crippen molar-refractivity contribution in [3.05, 3.63) is 261 Å². The van der Waals surface area contributed by atoms with Crippen molar-refractivity contribution < 1.29 is 0 Å². The summed E-state index contributed by atoms with van der Waals surface area (Å²) in [6, 6.07) is 67.5. The molecule has 8 aromatic rings. The highest BCUT2D eigenvalue weighted by atomic mass is 14.8. The molecule has 0 bridgehead atoms. The fraction of sp³-hybridized carbons (Fsp3) is 0.233. The van der Waals surface area contributed by atoms with Crippen LogP contribution in [0.25, 0.3) is 0 Å². The van der Waals surface area contributed by atoms with E-state index < -0.39 is 5.41 Å². The Labute approximate surface area is 481 Å². The van der Waals surface area contributed by atoms with Crippen LogP contribution < -0.4 is 0 Å². The van der Waals surface area contributed by atoms with Crippen LogP contribution in [0.3, 0.4) is 0 Å². The van der Waals surface area contributed by atoms with Gasteiger partial charge in [0.15, 0.2) is 0 Å². The number of aliphatic imine (C=N–C) groups is 8. The zero-order valence-corrected chi connectivity index (χ0v) is 49.2. The topological polar surface area (TPSA) is 98.9 Å². The molecule has 0 unspecified atom stereocenters. The van der Waals surface area contributed by atoms with Crippen molar-refractivity contribution in [1.29, 1.82) is 0 Å². The second kappa shape index (κ2) is 25.5. The number of benzene rings is 8. The quantitative estimate of drug-likeness (QED) is 0.0680. The maximum atomic E-state index is 4.95. The minimum absolute atomic E-state index is 0.138. The molecule has 0 radical (unpaired) electrons. The number of hydrogen-bond acceptors (Lipinski definition) is 8. The zero-order valence-electron chi connectivity index (χ0n) is 49.2. The van der Waals surface area contributed by atoms with E-state index in [9.17, 15) is 0 Å². The predicted octanol–water partition coefficient (Wildman–Crippen LogP) is 17.9. The fourth-order valence-corrected chi connectivity index (χ4v) is 8.53. The third-order valence-corrected chi connectivity index (χ3v) is 12.8. The summed E-state index contributed by atoms with van der Waals surface area (Å²) in [6.45, 7) is 25.1. The van der Waals surface area contributed by atoms with Gasteiger partial charge < -0.3 is 0 Å². The summed E-state index contributed by atoms with van der Waals surface area (Å²) in [5.41, 5.74) is 14.5. The summed E-state index contributed by atoms with van der Waals surface area (Å²) >= 11 is 0. The normalized spacial score (nSPS) is 13.9. The lowest BCUT2D eigenvalue weighted by atomic mass is 9.65. The average molecular weight is 1070 g/mol. The Balaban J connectivity index is 1.18. The van der Waals surface area contributed by atoms with Crippen LogP contribution >= 0.6 is 0 Å². The SMILES string of the molecule is CC(C)(C)N=Cc1ccc(C=Nc2ccc(C(c3ccc(N=Cc4ccc(C=NC(C)(C)C)cc4)cc3)(c3ccc(N=Cc4ccc(C=NC(C)(C)C)cc4)cc3)c3ccc(N=Cc4ccc(C=NC(C)(C)C)cc4)cc3)cc2)cc1. The van der Waals surface area contributed by atoms with Gasteiger partial charge in [-0.3, -0.25) is 39.9 Å². The van der Waals surface area contributed by atoms with Crippen molar-refractivity contribution in [2.45, 2.75) is 111 Å². The van der Waals surface area contributed by atoms with Gasteiger partial charge >= 0.3 is 0 Å². The molecule has 0 fully saturated rings. The molecular weight excluding hydrogens is 989 g/mol. The predicted molar refractivity (Wildman–Crippen MR) is 349 cm³/mol. The molecule has 8 nitrogen and oxygen atoms in total. The summed E-state index contributed by atoms with van der Waals surface area (Å²) in [7, 11) is 0. The Morgan fingerprint density at radius 3 is 0.494 bits per heavy atom. The second-order valence-corrected chi connectivity index (χ2v) is 24.4. The van der Waals surface area contributed by atoms with Gasteiger partial charge in [0.25, 0.3) is 0 Å². The summed E-state index contributed by atoms with van der Waals surface area (Å²) in [5, 5.41) is 0. The first-order chi connectivity index (χ1) is 38.5. The molecule has 0 aromatic heterocycles. The van der Waals surface area contributed by atoms with Gasteiger partial charge in [-0.25, -0.2) is 0 Å². The summed E-state index contributed by atoms with van der Waals surface area (Å²) in [6.07, 6.45) is 15.3. The lowest BCUT2D eigenvalue weighted by Crippen LogP contribution is -2.30. The van der Waals surface area contributed by atoms with Crippen LogP contribution in [0, 0.1) is 0 Å². The van der Waals surface area contributed by atoms with Crippen LogP contribution in [-0.4, -0.2) is 71.9 Å². The molecular formula is C73H76N8. The zero-order chi connectivity index (χ0) is 57.7. The maximum Gasteiger partial charge on any atom is 0.0701 e. The molecule has 0 saturated heterocycles. The van der Waals surface area contributed by atoms with Crippen molar-refractivity contribution in [2.24, 2.45) is 39.9 Å². The minimum atomic E-state index is -0.807. The van der Waals surface area contributed by atoms with Crippen molar-refractivity contribution in [2.75, 3.05) is 0 Å². The molecule has 8 aromatic carbocycles. The Morgan fingerprint density at radius 1 is 0.198 bits per heavy atom. The van der Waals surface area contributed by atoms with Crippen LogP contribution in [-0.2, 0) is 5.41 Å². The lowest BCUT2D eigenvalue weighted by molar-refractivity contribution is 0.586. The van der Waals surface area contributed by atoms with E-state index >= 15 is 0 Å². The van der Waals surface area contributed by atoms with Gasteiger partial charge in [0.1, 0.15) is 0 Å². The van der Waals surface area contributed by atoms with Gasteiger partial charge in [-0.1, -0.05) is 146 Å². The number of hydrogen-bond donors (Lipinski definition) is 0. The minimum Gasteiger partial charge on any atom is -0.287 e. The summed E-state index contributed by atoms with van der Waals surface area (Å²) in [4.78, 5) is 38.5. The molecule has 8 heteroatoms. The lowest BCUT2D eigenvalue weighted by Gasteiger charge is -2.37. The number of rotatable bonds is 16. The van der Waals surface area contributed by atoms with Crippen LogP contribution in [0.2, 0.25) is 0 Å². The highest BCUT2D eigenvalue weighted by Gasteiger charge is 2.38. The molecule has 0 spiro atoms. The molecule has 0 heterocycles. The Kier molecular flexibility index (Phi) is 18.3. The van der Waals surface area contributed by atoms with Gasteiger partial charge in [-0.05, 0) is 198 Å². The first-order valence-electron chi connectivity index (χ1n) is 27.7. The standard InChI is InChI=1S/C73H76N8/c1-69(2,3)78-49-57-21-13-53(14-22-57)45-74-65-37-29-61(30-38-65)73(62-31-39-66(40-32-62)75-46-54-15-23-58(24-16-54)50-79-70(4,5)6,63-33-41-67(42-34-63)76-47-55-17-25-59(26-18-55)51-80-71(7,8)9)64-35-43-68(44-36-64)77-48-56-19-27-60(28-20-56)52-81-72(10,11)12/h13-52H,1-12H3. The Bertz CT molecular complexity index is 3080. The van der Waals surface area contributed by atoms with Crippen molar-refractivity contribution in [3.8, 4) is 0 Å². The first kappa shape index (κ1) is 58.3. The van der Waals surface area contributed by atoms with Gasteiger partial charge in [0, 0.05) is 49.7 Å². The molecule has 0 aliphatic heterocycles. The first-order valence-corrected chi connectivity index (χ1v) is 27.7. The molecule has 0 aliphatic rings. The molecule has 408 valence electrons. The fourth-order valence-electron chi connectivity index (χ4n) is 8.53. The van der Waals surface area contributed by atoms with Crippen molar-refractivity contribution in [1.82, 2.24) is 0 Å². The average Bonchev–Trinajstić information content (AvgIpc) is 3.64. The highest BCUT2D eigenvalue weighted by molar-refractivity contribution is 5.88. The van der Waals surface area contributed by atoms with Crippen LogP contribution in [0.15, 0.2) is 234 Å². The molecule has 0 amide bonds. The Hall–Kier alpha value is -8.88. The molecule has 0 atom stereocenters. The van der Waals surface area contributed by atoms with Gasteiger partial charge in [0.2, 0.25) is 0 Å². The third-order valence-electron chi connectivity index (χ3n) is 12.8. The maximum absolute atomic E-state index is 4.95. The largest absolute Gasteiger partial charge is 0.287 e. The van der Waals surface area contributed by atoms with E-state index in [1.807, 2.05) is 49.7 Å². The summed E-state index contributed by atoms with van der Waals surface area (Å²) in [5.74, 6) is 0. The van der Waals surface area contributed by atoms with Crippen LogP contribution in [0.5, 0.6) is 0 Å². The van der Waals surface area contributed by atoms with E-state index in [0.29, 0.717) is 0 Å². The van der Waals surface area contributed by atoms with E-state index in [2.05, 4.69) is 297 Å². The molecule has 0 aliphatic carbocycles. The summed E-state index contributed by atoms with van der Waals surface area (Å²) < 4.78 is 0. The second-order valence-electron chi connectivity index (χ2n) is 24.4. The molecule has 0 saturated carbocycles. The third kappa shape index (κ3) is 17.6. The smallest absolute Gasteiger partial charge is 0.0701 e. The monoisotopic (exact) mass is 1060 g/mol. The highest BCUT2D eigenvalue weighted by Crippen LogP contribution is 2.47. The molecule has 81 heavy (non-hydrogen) atoms. The molecule has 0 N–H and O–H groups in total. The van der Waals surface area contributed by atoms with Crippen molar-refractivity contribution >= 4 is 72.5 Å². The van der Waals surface area contributed by atoms with Crippen LogP contribution in [0.4, 0.5) is 22.7 Å². The van der Waals surface area contributed by atoms with E-state index in [0.717, 1.165) is 89.5 Å². The number of nitrogens with zero attached hydrogens (tertiary/aromatic N) is 8. The van der Waals surface area contributed by atoms with E-state index in [1.54, 1.807) is 0 Å². The van der Waals surface area contributed by atoms with E-state index in [4.69, 9.17) is 20.0 Å². The Morgan fingerprint density at radius 2 is 0.346 bits per heavy atom. The van der Waals surface area contributed by atoms with E-state index in [1.165, 1.54) is 0 Å². The van der Waals surface area contributed by atoms with Gasteiger partial charge in [-0.2, -0.15) is 0 Å². The van der Waals surface area contributed by atoms with Gasteiger partial charge in [0.05, 0.1) is 50.3 Å².